The Labute approximate surface area is 172 Å². The van der Waals surface area contributed by atoms with E-state index in [1.807, 2.05) is 13.8 Å². The van der Waals surface area contributed by atoms with Gasteiger partial charge in [0.1, 0.15) is 0 Å². The van der Waals surface area contributed by atoms with Crippen LogP contribution < -0.4 is 0 Å². The topological polar surface area (TPSA) is 91.7 Å². The molecule has 29 heavy (non-hydrogen) atoms. The van der Waals surface area contributed by atoms with Crippen molar-refractivity contribution in [3.8, 4) is 0 Å². The summed E-state index contributed by atoms with van der Waals surface area (Å²) in [6, 6.07) is 7.22. The fourth-order valence-electron chi connectivity index (χ4n) is 4.01. The first-order valence-electron chi connectivity index (χ1n) is 9.55. The Morgan fingerprint density at radius 1 is 0.793 bits per heavy atom. The van der Waals surface area contributed by atoms with Gasteiger partial charge in [0.15, 0.2) is 0 Å². The molecule has 1 atom stereocenters. The summed E-state index contributed by atoms with van der Waals surface area (Å²) >= 11 is 0. The number of hydrogen-bond donors (Lipinski definition) is 2. The Balaban J connectivity index is 2.71. The van der Waals surface area contributed by atoms with E-state index in [0.717, 1.165) is 11.1 Å². The third-order valence-electron chi connectivity index (χ3n) is 5.12. The van der Waals surface area contributed by atoms with E-state index in [1.165, 1.54) is 0 Å². The second-order valence-electron chi connectivity index (χ2n) is 7.92. The lowest BCUT2D eigenvalue weighted by Crippen LogP contribution is -2.25. The zero-order valence-electron chi connectivity index (χ0n) is 17.9. The third kappa shape index (κ3) is 4.58. The van der Waals surface area contributed by atoms with Gasteiger partial charge in [-0.2, -0.15) is 0 Å². The van der Waals surface area contributed by atoms with Crippen LogP contribution in [-0.2, 0) is 4.57 Å². The molecule has 0 aliphatic carbocycles. The van der Waals surface area contributed by atoms with Crippen molar-refractivity contribution in [2.24, 2.45) is 0 Å². The van der Waals surface area contributed by atoms with E-state index in [9.17, 15) is 24.4 Å². The summed E-state index contributed by atoms with van der Waals surface area (Å²) in [5.74, 6) is 0. The first kappa shape index (κ1) is 23.2. The number of carbonyl (C=O) groups excluding carboxylic acids is 2. The highest BCUT2D eigenvalue weighted by atomic mass is 31.2. The van der Waals surface area contributed by atoms with E-state index >= 15 is 0 Å². The molecule has 0 spiro atoms. The van der Waals surface area contributed by atoms with Gasteiger partial charge < -0.3 is 14.8 Å². The summed E-state index contributed by atoms with van der Waals surface area (Å²) in [5.41, 5.74) is 3.44. The molecule has 0 saturated heterocycles. The molecular weight excluding hydrogens is 387 g/mol. The molecule has 2 rings (SSSR count). The van der Waals surface area contributed by atoms with Gasteiger partial charge >= 0.3 is 0 Å². The Bertz CT molecular complexity index is 902. The van der Waals surface area contributed by atoms with Gasteiger partial charge in [0, 0.05) is 17.3 Å². The number of aliphatic hydroxyl groups is 2. The summed E-state index contributed by atoms with van der Waals surface area (Å²) in [6.45, 7) is 10.1. The Morgan fingerprint density at radius 3 is 1.38 bits per heavy atom. The number of rotatable bonds is 7. The van der Waals surface area contributed by atoms with Crippen LogP contribution >= 0.6 is 7.14 Å². The Morgan fingerprint density at radius 2 is 1.10 bits per heavy atom. The molecule has 6 heteroatoms. The minimum atomic E-state index is -4.24. The van der Waals surface area contributed by atoms with Crippen LogP contribution in [-0.4, -0.2) is 40.1 Å². The van der Waals surface area contributed by atoms with Crippen LogP contribution in [0.1, 0.15) is 54.1 Å². The van der Waals surface area contributed by atoms with Crippen molar-refractivity contribution in [3.05, 3.63) is 68.8 Å². The lowest BCUT2D eigenvalue weighted by atomic mass is 10.0. The molecule has 1 unspecified atom stereocenters. The van der Waals surface area contributed by atoms with E-state index < -0.39 is 37.1 Å². The molecular formula is C23H29O5P. The summed E-state index contributed by atoms with van der Waals surface area (Å²) < 4.78 is 14.0. The second kappa shape index (κ2) is 8.74. The number of aliphatic hydroxyl groups excluding tert-OH is 2. The van der Waals surface area contributed by atoms with E-state index in [-0.39, 0.29) is 11.1 Å². The predicted molar refractivity (Wildman–Crippen MR) is 116 cm³/mol. The molecule has 0 aliphatic rings. The van der Waals surface area contributed by atoms with Crippen molar-refractivity contribution in [2.45, 2.75) is 47.6 Å². The first-order valence-corrected chi connectivity index (χ1v) is 11.4. The van der Waals surface area contributed by atoms with Crippen LogP contribution in [0.15, 0.2) is 24.3 Å². The maximum Gasteiger partial charge on any atom is 0.229 e. The van der Waals surface area contributed by atoms with E-state index in [1.54, 1.807) is 52.0 Å². The summed E-state index contributed by atoms with van der Waals surface area (Å²) in [5, 5.41) is 19.3. The fourth-order valence-corrected chi connectivity index (χ4v) is 6.66. The van der Waals surface area contributed by atoms with Gasteiger partial charge in [0.2, 0.25) is 18.2 Å². The van der Waals surface area contributed by atoms with Crippen molar-refractivity contribution in [2.75, 3.05) is 12.8 Å². The molecule has 0 bridgehead atoms. The highest BCUT2D eigenvalue weighted by molar-refractivity contribution is 7.95. The molecule has 0 saturated carbocycles. The Kier molecular flexibility index (Phi) is 7.00. The van der Waals surface area contributed by atoms with Crippen LogP contribution in [0.4, 0.5) is 0 Å². The summed E-state index contributed by atoms with van der Waals surface area (Å²) in [6.07, 6.45) is -2.01. The summed E-state index contributed by atoms with van der Waals surface area (Å²) in [4.78, 5) is 27.0. The highest BCUT2D eigenvalue weighted by Crippen LogP contribution is 2.54. The van der Waals surface area contributed by atoms with Crippen molar-refractivity contribution < 1.29 is 24.4 Å². The second-order valence-corrected chi connectivity index (χ2v) is 10.6. The van der Waals surface area contributed by atoms with Gasteiger partial charge in [0.25, 0.3) is 0 Å². The van der Waals surface area contributed by atoms with Gasteiger partial charge in [-0.3, -0.25) is 9.59 Å². The molecule has 0 aromatic heterocycles. The maximum absolute atomic E-state index is 14.0. The third-order valence-corrected chi connectivity index (χ3v) is 7.81. The molecule has 5 nitrogen and oxygen atoms in total. The SMILES string of the molecule is Cc1cc(C)c(C(=O)P(=O)(CC(O)CO)C(=O)c2c(C)cc(C)cc2C)c(C)c1. The minimum Gasteiger partial charge on any atom is -0.394 e. The van der Waals surface area contributed by atoms with Crippen molar-refractivity contribution in [3.63, 3.8) is 0 Å². The van der Waals surface area contributed by atoms with Crippen LogP contribution in [0.25, 0.3) is 0 Å². The molecule has 0 heterocycles. The largest absolute Gasteiger partial charge is 0.394 e. The highest BCUT2D eigenvalue weighted by Gasteiger charge is 2.44. The number of aryl methyl sites for hydroxylation is 6. The zero-order valence-corrected chi connectivity index (χ0v) is 18.8. The number of benzene rings is 2. The summed E-state index contributed by atoms with van der Waals surface area (Å²) in [7, 11) is -4.24. The molecule has 0 amide bonds. The normalized spacial score (nSPS) is 12.7. The molecule has 0 radical (unpaired) electrons. The van der Waals surface area contributed by atoms with Crippen LogP contribution in [0.3, 0.4) is 0 Å². The quantitative estimate of drug-likeness (QED) is 0.659. The average molecular weight is 416 g/mol. The van der Waals surface area contributed by atoms with E-state index in [0.29, 0.717) is 22.3 Å². The van der Waals surface area contributed by atoms with Crippen molar-refractivity contribution in [1.82, 2.24) is 0 Å². The predicted octanol–water partition coefficient (Wildman–Crippen LogP) is 4.23. The molecule has 2 N–H and O–H groups in total. The molecule has 2 aromatic carbocycles. The zero-order chi connectivity index (χ0) is 22.1. The molecule has 0 fully saturated rings. The smallest absolute Gasteiger partial charge is 0.229 e. The number of hydrogen-bond acceptors (Lipinski definition) is 5. The minimum absolute atomic E-state index is 0.250. The van der Waals surface area contributed by atoms with Gasteiger partial charge in [-0.15, -0.1) is 0 Å². The van der Waals surface area contributed by atoms with Gasteiger partial charge in [-0.25, -0.2) is 0 Å². The van der Waals surface area contributed by atoms with E-state index in [2.05, 4.69) is 0 Å². The van der Waals surface area contributed by atoms with Gasteiger partial charge in [-0.1, -0.05) is 35.4 Å². The average Bonchev–Trinajstić information content (AvgIpc) is 2.59. The fraction of sp³-hybridized carbons (Fsp3) is 0.391. The lowest BCUT2D eigenvalue weighted by Gasteiger charge is -2.22. The van der Waals surface area contributed by atoms with Crippen molar-refractivity contribution in [1.29, 1.82) is 0 Å². The number of carbonyl (C=O) groups is 2. The van der Waals surface area contributed by atoms with Crippen LogP contribution in [0.5, 0.6) is 0 Å². The standard InChI is InChI=1S/C23H29O5P/c1-13-7-15(3)20(16(4)8-13)22(26)29(28,12-19(25)11-24)23(27)21-17(5)9-14(2)10-18(21)6/h7-10,19,24-25H,11-12H2,1-6H3. The molecule has 0 aliphatic heterocycles. The molecule has 156 valence electrons. The maximum atomic E-state index is 14.0. The van der Waals surface area contributed by atoms with Crippen molar-refractivity contribution >= 4 is 18.2 Å². The van der Waals surface area contributed by atoms with Crippen LogP contribution in [0, 0.1) is 41.5 Å². The lowest BCUT2D eigenvalue weighted by molar-refractivity contribution is 0.0992. The monoisotopic (exact) mass is 416 g/mol. The van der Waals surface area contributed by atoms with Crippen LogP contribution in [0.2, 0.25) is 0 Å². The van der Waals surface area contributed by atoms with E-state index in [4.69, 9.17) is 0 Å². The first-order chi connectivity index (χ1) is 13.4. The Hall–Kier alpha value is -2.07. The van der Waals surface area contributed by atoms with Gasteiger partial charge in [-0.05, 0) is 63.8 Å². The molecule has 2 aromatic rings. The van der Waals surface area contributed by atoms with Gasteiger partial charge in [0.05, 0.1) is 12.7 Å².